The third-order valence-corrected chi connectivity index (χ3v) is 5.59. The minimum atomic E-state index is -0.444. The first-order valence-corrected chi connectivity index (χ1v) is 10.7. The summed E-state index contributed by atoms with van der Waals surface area (Å²) >= 11 is 1.50. The summed E-state index contributed by atoms with van der Waals surface area (Å²) in [5.74, 6) is 0.793. The van der Waals surface area contributed by atoms with Gasteiger partial charge in [-0.05, 0) is 18.6 Å². The number of nitro groups is 1. The molecule has 0 atom stereocenters. The first kappa shape index (κ1) is 21.8. The molecule has 0 saturated carbocycles. The Morgan fingerprint density at radius 1 is 1.27 bits per heavy atom. The standard InChI is InChI=1S/C21H24N4O4S/c1-16-2-4-17(5-3-16)14-30-15-21(26)23-22-13-18-12-19(25(27)28)6-7-20(18)24-8-10-29-11-9-24/h2-7,12-13H,8-11,14-15H2,1H3,(H,23,26)/b22-13+. The van der Waals surface area contributed by atoms with E-state index in [1.54, 1.807) is 6.07 Å². The zero-order valence-electron chi connectivity index (χ0n) is 16.7. The van der Waals surface area contributed by atoms with Crippen molar-refractivity contribution < 1.29 is 14.5 Å². The molecule has 2 aromatic rings. The van der Waals surface area contributed by atoms with Crippen molar-refractivity contribution in [3.8, 4) is 0 Å². The summed E-state index contributed by atoms with van der Waals surface area (Å²) in [4.78, 5) is 24.8. The molecule has 8 nitrogen and oxygen atoms in total. The van der Waals surface area contributed by atoms with Crippen LogP contribution in [0.2, 0.25) is 0 Å². The predicted octanol–water partition coefficient (Wildman–Crippen LogP) is 3.12. The maximum Gasteiger partial charge on any atom is 0.270 e. The number of hydrogen-bond acceptors (Lipinski definition) is 7. The number of non-ortho nitro benzene ring substituents is 1. The van der Waals surface area contributed by atoms with Gasteiger partial charge in [-0.1, -0.05) is 29.8 Å². The normalized spacial score (nSPS) is 14.1. The molecule has 1 aliphatic heterocycles. The average molecular weight is 429 g/mol. The highest BCUT2D eigenvalue weighted by molar-refractivity contribution is 7.99. The molecule has 1 saturated heterocycles. The van der Waals surface area contributed by atoms with Crippen LogP contribution in [0, 0.1) is 17.0 Å². The number of ether oxygens (including phenoxy) is 1. The van der Waals surface area contributed by atoms with Crippen molar-refractivity contribution in [3.63, 3.8) is 0 Å². The van der Waals surface area contributed by atoms with Crippen LogP contribution in [0.5, 0.6) is 0 Å². The molecule has 1 heterocycles. The molecule has 158 valence electrons. The van der Waals surface area contributed by atoms with Gasteiger partial charge in [0.2, 0.25) is 5.91 Å². The SMILES string of the molecule is Cc1ccc(CSCC(=O)N/N=C/c2cc([N+](=O)[O-])ccc2N2CCOCC2)cc1. The topological polar surface area (TPSA) is 97.1 Å². The van der Waals surface area contributed by atoms with Gasteiger partial charge in [-0.25, -0.2) is 5.43 Å². The Morgan fingerprint density at radius 3 is 2.70 bits per heavy atom. The molecule has 1 amide bonds. The molecule has 0 aliphatic carbocycles. The lowest BCUT2D eigenvalue weighted by Crippen LogP contribution is -2.36. The molecule has 1 fully saturated rings. The summed E-state index contributed by atoms with van der Waals surface area (Å²) in [6.45, 7) is 4.63. The van der Waals surface area contributed by atoms with Crippen LogP contribution in [0.15, 0.2) is 47.6 Å². The number of rotatable bonds is 8. The summed E-state index contributed by atoms with van der Waals surface area (Å²) < 4.78 is 5.37. The molecule has 30 heavy (non-hydrogen) atoms. The van der Waals surface area contributed by atoms with Crippen LogP contribution in [-0.2, 0) is 15.3 Å². The number of hydrogen-bond donors (Lipinski definition) is 1. The first-order chi connectivity index (χ1) is 14.5. The van der Waals surface area contributed by atoms with Gasteiger partial charge in [0.1, 0.15) is 0 Å². The fourth-order valence-corrected chi connectivity index (χ4v) is 3.78. The zero-order chi connectivity index (χ0) is 21.3. The fourth-order valence-electron chi connectivity index (χ4n) is 3.00. The Hall–Kier alpha value is -2.91. The molecule has 3 rings (SSSR count). The summed E-state index contributed by atoms with van der Waals surface area (Å²) in [6, 6.07) is 12.8. The minimum absolute atomic E-state index is 0.0200. The number of nitrogens with zero attached hydrogens (tertiary/aromatic N) is 3. The largest absolute Gasteiger partial charge is 0.378 e. The monoisotopic (exact) mass is 428 g/mol. The third kappa shape index (κ3) is 6.30. The molecular weight excluding hydrogens is 404 g/mol. The van der Waals surface area contributed by atoms with Crippen molar-refractivity contribution in [1.82, 2.24) is 5.43 Å². The lowest BCUT2D eigenvalue weighted by molar-refractivity contribution is -0.384. The number of nitro benzene ring substituents is 1. The van der Waals surface area contributed by atoms with Gasteiger partial charge in [-0.2, -0.15) is 5.10 Å². The predicted molar refractivity (Wildman–Crippen MR) is 119 cm³/mol. The molecule has 0 radical (unpaired) electrons. The van der Waals surface area contributed by atoms with Crippen LogP contribution in [0.1, 0.15) is 16.7 Å². The minimum Gasteiger partial charge on any atom is -0.378 e. The molecule has 1 N–H and O–H groups in total. The van der Waals surface area contributed by atoms with Crippen molar-refractivity contribution in [2.45, 2.75) is 12.7 Å². The number of carbonyl (C=O) groups excluding carboxylic acids is 1. The van der Waals surface area contributed by atoms with Gasteiger partial charge in [0, 0.05) is 42.2 Å². The highest BCUT2D eigenvalue weighted by atomic mass is 32.2. The van der Waals surface area contributed by atoms with E-state index in [2.05, 4.69) is 15.4 Å². The lowest BCUT2D eigenvalue weighted by atomic mass is 10.1. The Morgan fingerprint density at radius 2 is 2.00 bits per heavy atom. The third-order valence-electron chi connectivity index (χ3n) is 4.59. The van der Waals surface area contributed by atoms with Crippen molar-refractivity contribution in [3.05, 3.63) is 69.3 Å². The van der Waals surface area contributed by atoms with Crippen LogP contribution in [0.25, 0.3) is 0 Å². The quantitative estimate of drug-likeness (QED) is 0.394. The van der Waals surface area contributed by atoms with Gasteiger partial charge in [0.25, 0.3) is 5.69 Å². The number of hydrazone groups is 1. The van der Waals surface area contributed by atoms with Crippen molar-refractivity contribution in [2.24, 2.45) is 5.10 Å². The van der Waals surface area contributed by atoms with Crippen LogP contribution in [-0.4, -0.2) is 49.1 Å². The molecular formula is C21H24N4O4S. The molecule has 0 bridgehead atoms. The van der Waals surface area contributed by atoms with Gasteiger partial charge in [-0.15, -0.1) is 11.8 Å². The van der Waals surface area contributed by atoms with E-state index in [0.29, 0.717) is 31.9 Å². The summed E-state index contributed by atoms with van der Waals surface area (Å²) in [6.07, 6.45) is 1.46. The van der Waals surface area contributed by atoms with E-state index in [9.17, 15) is 14.9 Å². The van der Waals surface area contributed by atoms with Crippen molar-refractivity contribution >= 4 is 35.3 Å². The van der Waals surface area contributed by atoms with Gasteiger partial charge < -0.3 is 9.64 Å². The van der Waals surface area contributed by atoms with Gasteiger partial charge >= 0.3 is 0 Å². The second-order valence-electron chi connectivity index (χ2n) is 6.87. The lowest BCUT2D eigenvalue weighted by Gasteiger charge is -2.29. The van der Waals surface area contributed by atoms with E-state index in [4.69, 9.17) is 4.74 Å². The van der Waals surface area contributed by atoms with Crippen molar-refractivity contribution in [1.29, 1.82) is 0 Å². The number of morpholine rings is 1. The molecule has 0 spiro atoms. The highest BCUT2D eigenvalue weighted by Gasteiger charge is 2.17. The highest BCUT2D eigenvalue weighted by Crippen LogP contribution is 2.25. The van der Waals surface area contributed by atoms with E-state index >= 15 is 0 Å². The second-order valence-corrected chi connectivity index (χ2v) is 7.86. The number of anilines is 1. The summed E-state index contributed by atoms with van der Waals surface area (Å²) in [5.41, 5.74) is 6.26. The Bertz CT molecular complexity index is 912. The molecule has 1 aliphatic rings. The molecule has 2 aromatic carbocycles. The number of aryl methyl sites for hydroxylation is 1. The van der Waals surface area contributed by atoms with E-state index in [1.165, 1.54) is 35.7 Å². The number of thioether (sulfide) groups is 1. The van der Waals surface area contributed by atoms with Crippen LogP contribution >= 0.6 is 11.8 Å². The van der Waals surface area contributed by atoms with E-state index in [-0.39, 0.29) is 17.3 Å². The van der Waals surface area contributed by atoms with E-state index < -0.39 is 4.92 Å². The van der Waals surface area contributed by atoms with Gasteiger partial charge in [-0.3, -0.25) is 14.9 Å². The van der Waals surface area contributed by atoms with Crippen LogP contribution < -0.4 is 10.3 Å². The molecule has 9 heteroatoms. The number of benzene rings is 2. The average Bonchev–Trinajstić information content (AvgIpc) is 2.75. The number of amides is 1. The molecule has 0 aromatic heterocycles. The summed E-state index contributed by atoms with van der Waals surface area (Å²) in [7, 11) is 0. The fraction of sp³-hybridized carbons (Fsp3) is 0.333. The van der Waals surface area contributed by atoms with Gasteiger partial charge in [0.15, 0.2) is 0 Å². The first-order valence-electron chi connectivity index (χ1n) is 9.59. The second kappa shape index (κ2) is 10.7. The van der Waals surface area contributed by atoms with Crippen molar-refractivity contribution in [2.75, 3.05) is 37.0 Å². The van der Waals surface area contributed by atoms with E-state index in [0.717, 1.165) is 17.0 Å². The maximum atomic E-state index is 12.1. The van der Waals surface area contributed by atoms with Crippen LogP contribution in [0.3, 0.4) is 0 Å². The number of nitrogens with one attached hydrogen (secondary N) is 1. The van der Waals surface area contributed by atoms with E-state index in [1.807, 2.05) is 31.2 Å². The molecule has 0 unspecified atom stereocenters. The maximum absolute atomic E-state index is 12.1. The smallest absolute Gasteiger partial charge is 0.270 e. The number of carbonyl (C=O) groups is 1. The Kier molecular flexibility index (Phi) is 7.81. The summed E-state index contributed by atoms with van der Waals surface area (Å²) in [5, 5.41) is 15.1. The Balaban J connectivity index is 1.58. The van der Waals surface area contributed by atoms with Crippen LogP contribution in [0.4, 0.5) is 11.4 Å². The van der Waals surface area contributed by atoms with Gasteiger partial charge in [0.05, 0.1) is 30.1 Å². The zero-order valence-corrected chi connectivity index (χ0v) is 17.6. The Labute approximate surface area is 179 Å².